The number of benzene rings is 3. The molecule has 166 valence electrons. The first kappa shape index (κ1) is 22.6. The van der Waals surface area contributed by atoms with Gasteiger partial charge in [0.05, 0.1) is 22.6 Å². The molecular weight excluding hydrogens is 436 g/mol. The van der Waals surface area contributed by atoms with Gasteiger partial charge in [-0.25, -0.2) is 8.42 Å². The number of ether oxygens (including phenoxy) is 1. The highest BCUT2D eigenvalue weighted by Gasteiger charge is 2.22. The van der Waals surface area contributed by atoms with Crippen molar-refractivity contribution >= 4 is 32.8 Å². The van der Waals surface area contributed by atoms with Crippen LogP contribution in [0.15, 0.2) is 76.7 Å². The Morgan fingerprint density at radius 2 is 1.81 bits per heavy atom. The number of anilines is 2. The Morgan fingerprint density at radius 1 is 1.09 bits per heavy atom. The van der Waals surface area contributed by atoms with E-state index in [1.165, 1.54) is 25.3 Å². The van der Waals surface area contributed by atoms with Crippen LogP contribution in [0, 0.1) is 10.1 Å². The summed E-state index contributed by atoms with van der Waals surface area (Å²) in [7, 11) is -2.57. The molecule has 0 atom stereocenters. The Kier molecular flexibility index (Phi) is 6.59. The molecule has 0 bridgehead atoms. The molecule has 0 aliphatic rings. The van der Waals surface area contributed by atoms with Gasteiger partial charge in [0.15, 0.2) is 0 Å². The van der Waals surface area contributed by atoms with Crippen LogP contribution in [0.4, 0.5) is 17.1 Å². The van der Waals surface area contributed by atoms with Crippen LogP contribution >= 0.6 is 0 Å². The van der Waals surface area contributed by atoms with Gasteiger partial charge in [-0.2, -0.15) is 5.10 Å². The second-order valence-corrected chi connectivity index (χ2v) is 8.28. The predicted octanol–water partition coefficient (Wildman–Crippen LogP) is 3.95. The van der Waals surface area contributed by atoms with Gasteiger partial charge in [0.1, 0.15) is 17.2 Å². The Bertz CT molecular complexity index is 1280. The summed E-state index contributed by atoms with van der Waals surface area (Å²) in [5, 5.41) is 25.7. The summed E-state index contributed by atoms with van der Waals surface area (Å²) in [5.74, 6) is 0.388. The zero-order valence-corrected chi connectivity index (χ0v) is 18.0. The van der Waals surface area contributed by atoms with Crippen LogP contribution in [0.2, 0.25) is 0 Å². The first-order chi connectivity index (χ1) is 15.2. The standard InChI is InChI=1S/C21H20N4O6S/c1-14(18-10-8-16(31-2)12-21(18)26)22-23-19-11-9-17(13-20(19)25(27)28)32(29,30)24-15-6-4-3-5-7-15/h3-13,23-24,26H,1-2H3. The lowest BCUT2D eigenvalue weighted by molar-refractivity contribution is -0.384. The second kappa shape index (κ2) is 9.35. The van der Waals surface area contributed by atoms with Gasteiger partial charge in [-0.1, -0.05) is 18.2 Å². The van der Waals surface area contributed by atoms with Crippen LogP contribution in [-0.2, 0) is 10.0 Å². The highest BCUT2D eigenvalue weighted by atomic mass is 32.2. The lowest BCUT2D eigenvalue weighted by Gasteiger charge is -2.10. The van der Waals surface area contributed by atoms with Crippen molar-refractivity contribution in [3.8, 4) is 11.5 Å². The van der Waals surface area contributed by atoms with Crippen molar-refractivity contribution < 1.29 is 23.2 Å². The minimum absolute atomic E-state index is 0.0130. The first-order valence-electron chi connectivity index (χ1n) is 9.25. The van der Waals surface area contributed by atoms with Crippen molar-refractivity contribution in [3.05, 3.63) is 82.4 Å². The number of rotatable bonds is 8. The fourth-order valence-electron chi connectivity index (χ4n) is 2.79. The van der Waals surface area contributed by atoms with E-state index >= 15 is 0 Å². The molecule has 0 saturated carbocycles. The van der Waals surface area contributed by atoms with Crippen LogP contribution < -0.4 is 14.9 Å². The zero-order valence-electron chi connectivity index (χ0n) is 17.1. The molecule has 0 aliphatic heterocycles. The van der Waals surface area contributed by atoms with E-state index in [0.29, 0.717) is 22.7 Å². The summed E-state index contributed by atoms with van der Waals surface area (Å²) in [6.45, 7) is 1.60. The van der Waals surface area contributed by atoms with Crippen molar-refractivity contribution in [1.82, 2.24) is 0 Å². The largest absolute Gasteiger partial charge is 0.507 e. The van der Waals surface area contributed by atoms with E-state index in [9.17, 15) is 23.6 Å². The number of nitro benzene ring substituents is 1. The Hall–Kier alpha value is -4.12. The molecule has 0 saturated heterocycles. The fourth-order valence-corrected chi connectivity index (χ4v) is 3.87. The summed E-state index contributed by atoms with van der Waals surface area (Å²) in [6.07, 6.45) is 0. The molecule has 3 aromatic carbocycles. The maximum absolute atomic E-state index is 12.6. The van der Waals surface area contributed by atoms with E-state index in [1.807, 2.05) is 0 Å². The molecular formula is C21H20N4O6S. The normalized spacial score (nSPS) is 11.6. The van der Waals surface area contributed by atoms with Gasteiger partial charge in [0.2, 0.25) is 0 Å². The molecule has 0 heterocycles. The van der Waals surface area contributed by atoms with E-state index in [2.05, 4.69) is 15.2 Å². The predicted molar refractivity (Wildman–Crippen MR) is 121 cm³/mol. The van der Waals surface area contributed by atoms with E-state index in [4.69, 9.17) is 4.74 Å². The molecule has 32 heavy (non-hydrogen) atoms. The number of methoxy groups -OCH3 is 1. The molecule has 11 heteroatoms. The van der Waals surface area contributed by atoms with Gasteiger partial charge in [-0.3, -0.25) is 20.3 Å². The smallest absolute Gasteiger partial charge is 0.295 e. The van der Waals surface area contributed by atoms with E-state index in [1.54, 1.807) is 49.4 Å². The number of nitrogens with one attached hydrogen (secondary N) is 2. The number of para-hydroxylation sites is 1. The maximum atomic E-state index is 12.6. The van der Waals surface area contributed by atoms with Gasteiger partial charge in [-0.15, -0.1) is 0 Å². The van der Waals surface area contributed by atoms with E-state index in [-0.39, 0.29) is 16.3 Å². The number of hydrazone groups is 1. The highest BCUT2D eigenvalue weighted by molar-refractivity contribution is 7.92. The third-order valence-corrected chi connectivity index (χ3v) is 5.82. The Morgan fingerprint density at radius 3 is 2.44 bits per heavy atom. The van der Waals surface area contributed by atoms with Gasteiger partial charge in [0.25, 0.3) is 15.7 Å². The van der Waals surface area contributed by atoms with Gasteiger partial charge < -0.3 is 9.84 Å². The van der Waals surface area contributed by atoms with Crippen molar-refractivity contribution in [2.45, 2.75) is 11.8 Å². The van der Waals surface area contributed by atoms with Gasteiger partial charge in [-0.05, 0) is 43.3 Å². The third kappa shape index (κ3) is 5.13. The zero-order chi connectivity index (χ0) is 23.3. The summed E-state index contributed by atoms with van der Waals surface area (Å²) in [4.78, 5) is 10.6. The number of hydrogen-bond acceptors (Lipinski definition) is 8. The molecule has 0 fully saturated rings. The average Bonchev–Trinajstić information content (AvgIpc) is 2.77. The molecule has 0 unspecified atom stereocenters. The molecule has 0 aliphatic carbocycles. The van der Waals surface area contributed by atoms with Crippen molar-refractivity contribution in [3.63, 3.8) is 0 Å². The van der Waals surface area contributed by atoms with Crippen LogP contribution in [0.25, 0.3) is 0 Å². The Balaban J connectivity index is 1.88. The number of aromatic hydroxyl groups is 1. The number of nitro groups is 1. The lowest BCUT2D eigenvalue weighted by atomic mass is 10.1. The maximum Gasteiger partial charge on any atom is 0.295 e. The van der Waals surface area contributed by atoms with Crippen molar-refractivity contribution in [1.29, 1.82) is 0 Å². The van der Waals surface area contributed by atoms with E-state index < -0.39 is 20.6 Å². The number of phenolic OH excluding ortho intramolecular Hbond substituents is 1. The molecule has 3 aromatic rings. The second-order valence-electron chi connectivity index (χ2n) is 6.60. The molecule has 3 rings (SSSR count). The number of sulfonamides is 1. The first-order valence-corrected chi connectivity index (χ1v) is 10.7. The van der Waals surface area contributed by atoms with Crippen LogP contribution in [-0.4, -0.2) is 31.3 Å². The molecule has 3 N–H and O–H groups in total. The molecule has 10 nitrogen and oxygen atoms in total. The molecule has 0 radical (unpaired) electrons. The number of hydrogen-bond donors (Lipinski definition) is 3. The molecule has 0 spiro atoms. The number of phenols is 1. The molecule has 0 amide bonds. The summed E-state index contributed by atoms with van der Waals surface area (Å²) >= 11 is 0. The van der Waals surface area contributed by atoms with Crippen molar-refractivity contribution in [2.75, 3.05) is 17.3 Å². The third-order valence-electron chi connectivity index (χ3n) is 4.44. The minimum atomic E-state index is -4.04. The summed E-state index contributed by atoms with van der Waals surface area (Å²) in [6, 6.07) is 16.3. The summed E-state index contributed by atoms with van der Waals surface area (Å²) in [5.41, 5.74) is 3.15. The average molecular weight is 456 g/mol. The van der Waals surface area contributed by atoms with Crippen LogP contribution in [0.5, 0.6) is 11.5 Å². The summed E-state index contributed by atoms with van der Waals surface area (Å²) < 4.78 is 32.6. The Labute approximate surface area is 184 Å². The minimum Gasteiger partial charge on any atom is -0.507 e. The lowest BCUT2D eigenvalue weighted by Crippen LogP contribution is -2.13. The van der Waals surface area contributed by atoms with Crippen LogP contribution in [0.3, 0.4) is 0 Å². The van der Waals surface area contributed by atoms with Gasteiger partial charge in [0, 0.05) is 23.4 Å². The van der Waals surface area contributed by atoms with Crippen LogP contribution in [0.1, 0.15) is 12.5 Å². The topological polar surface area (TPSA) is 143 Å². The number of nitrogens with zero attached hydrogens (tertiary/aromatic N) is 2. The van der Waals surface area contributed by atoms with Crippen molar-refractivity contribution in [2.24, 2.45) is 5.10 Å². The fraction of sp³-hybridized carbons (Fsp3) is 0.0952. The monoisotopic (exact) mass is 456 g/mol. The molecule has 0 aromatic heterocycles. The highest BCUT2D eigenvalue weighted by Crippen LogP contribution is 2.29. The SMILES string of the molecule is COc1ccc(C(C)=NNc2ccc(S(=O)(=O)Nc3ccccc3)cc2[N+](=O)[O-])c(O)c1. The van der Waals surface area contributed by atoms with Gasteiger partial charge >= 0.3 is 0 Å². The van der Waals surface area contributed by atoms with E-state index in [0.717, 1.165) is 6.07 Å². The quantitative estimate of drug-likeness (QED) is 0.264.